The molecule has 0 amide bonds. The lowest BCUT2D eigenvalue weighted by Crippen LogP contribution is -2.24. The molecule has 0 saturated heterocycles. The molecule has 1 aromatic heterocycles. The fourth-order valence-corrected chi connectivity index (χ4v) is 1.03. The average Bonchev–Trinajstić information content (AvgIpc) is 2.06. The van der Waals surface area contributed by atoms with Gasteiger partial charge in [-0.05, 0) is 12.1 Å². The van der Waals surface area contributed by atoms with Crippen molar-refractivity contribution in [2.45, 2.75) is 0 Å². The lowest BCUT2D eigenvalue weighted by Gasteiger charge is -2.17. The highest BCUT2D eigenvalue weighted by Crippen LogP contribution is 2.12. The zero-order chi connectivity index (χ0) is 8.97. The van der Waals surface area contributed by atoms with Crippen LogP contribution in [0.4, 0.5) is 5.69 Å². The van der Waals surface area contributed by atoms with Gasteiger partial charge in [-0.25, -0.2) is 4.98 Å². The van der Waals surface area contributed by atoms with Crippen molar-refractivity contribution < 1.29 is 0 Å². The SMILES string of the molecule is CN(CCN)c1ccc(Cl)nc1. The first-order valence-electron chi connectivity index (χ1n) is 3.77. The van der Waals surface area contributed by atoms with Crippen LogP contribution < -0.4 is 10.6 Å². The van der Waals surface area contributed by atoms with E-state index in [0.717, 1.165) is 12.2 Å². The Morgan fingerprint density at radius 2 is 2.33 bits per heavy atom. The van der Waals surface area contributed by atoms with Gasteiger partial charge in [-0.1, -0.05) is 11.6 Å². The Labute approximate surface area is 77.1 Å². The molecule has 1 rings (SSSR count). The molecule has 0 aliphatic heterocycles. The van der Waals surface area contributed by atoms with E-state index in [-0.39, 0.29) is 0 Å². The maximum absolute atomic E-state index is 5.64. The summed E-state index contributed by atoms with van der Waals surface area (Å²) >= 11 is 5.64. The van der Waals surface area contributed by atoms with Crippen molar-refractivity contribution in [1.82, 2.24) is 4.98 Å². The highest BCUT2D eigenvalue weighted by Gasteiger charge is 1.98. The summed E-state index contributed by atoms with van der Waals surface area (Å²) in [4.78, 5) is 6.00. The van der Waals surface area contributed by atoms with Crippen LogP contribution in [0.25, 0.3) is 0 Å². The second-order valence-electron chi connectivity index (χ2n) is 2.55. The Kier molecular flexibility index (Phi) is 3.31. The molecule has 0 unspecified atom stereocenters. The third kappa shape index (κ3) is 2.36. The number of pyridine rings is 1. The molecule has 0 radical (unpaired) electrons. The van der Waals surface area contributed by atoms with Crippen molar-refractivity contribution in [3.8, 4) is 0 Å². The summed E-state index contributed by atoms with van der Waals surface area (Å²) < 4.78 is 0. The van der Waals surface area contributed by atoms with Crippen molar-refractivity contribution >= 4 is 17.3 Å². The number of halogens is 1. The van der Waals surface area contributed by atoms with E-state index in [4.69, 9.17) is 17.3 Å². The smallest absolute Gasteiger partial charge is 0.129 e. The van der Waals surface area contributed by atoms with Crippen LogP contribution in [0.3, 0.4) is 0 Å². The number of hydrogen-bond donors (Lipinski definition) is 1. The molecular weight excluding hydrogens is 174 g/mol. The molecule has 2 N–H and O–H groups in total. The molecule has 1 aromatic rings. The Bertz CT molecular complexity index is 235. The molecule has 4 heteroatoms. The standard InChI is InChI=1S/C8H12ClN3/c1-12(5-4-10)7-2-3-8(9)11-6-7/h2-3,6H,4-5,10H2,1H3. The van der Waals surface area contributed by atoms with E-state index in [0.29, 0.717) is 11.7 Å². The number of nitrogens with zero attached hydrogens (tertiary/aromatic N) is 2. The molecule has 1 heterocycles. The van der Waals surface area contributed by atoms with Crippen molar-refractivity contribution in [1.29, 1.82) is 0 Å². The van der Waals surface area contributed by atoms with Crippen LogP contribution in [-0.4, -0.2) is 25.1 Å². The number of likely N-dealkylation sites (N-methyl/N-ethyl adjacent to an activating group) is 1. The summed E-state index contributed by atoms with van der Waals surface area (Å²) in [5.74, 6) is 0. The predicted molar refractivity (Wildman–Crippen MR) is 51.6 cm³/mol. The summed E-state index contributed by atoms with van der Waals surface area (Å²) in [6.45, 7) is 1.46. The lowest BCUT2D eigenvalue weighted by atomic mass is 10.4. The molecule has 0 aliphatic carbocycles. The third-order valence-electron chi connectivity index (χ3n) is 1.62. The van der Waals surface area contributed by atoms with E-state index in [1.54, 1.807) is 12.3 Å². The average molecular weight is 186 g/mol. The zero-order valence-electron chi connectivity index (χ0n) is 7.00. The summed E-state index contributed by atoms with van der Waals surface area (Å²) in [5.41, 5.74) is 6.44. The van der Waals surface area contributed by atoms with Gasteiger partial charge in [-0.3, -0.25) is 0 Å². The molecule has 0 aliphatic rings. The highest BCUT2D eigenvalue weighted by atomic mass is 35.5. The van der Waals surface area contributed by atoms with Crippen LogP contribution in [0.5, 0.6) is 0 Å². The minimum Gasteiger partial charge on any atom is -0.372 e. The topological polar surface area (TPSA) is 42.1 Å². The summed E-state index contributed by atoms with van der Waals surface area (Å²) in [7, 11) is 1.97. The van der Waals surface area contributed by atoms with Gasteiger partial charge in [0, 0.05) is 20.1 Å². The number of rotatable bonds is 3. The first kappa shape index (κ1) is 9.29. The van der Waals surface area contributed by atoms with Gasteiger partial charge >= 0.3 is 0 Å². The molecule has 0 bridgehead atoms. The molecule has 0 atom stereocenters. The fourth-order valence-electron chi connectivity index (χ4n) is 0.917. The van der Waals surface area contributed by atoms with E-state index >= 15 is 0 Å². The van der Waals surface area contributed by atoms with Gasteiger partial charge in [0.2, 0.25) is 0 Å². The van der Waals surface area contributed by atoms with Crippen LogP contribution in [0.2, 0.25) is 5.15 Å². The third-order valence-corrected chi connectivity index (χ3v) is 1.84. The Morgan fingerprint density at radius 3 is 2.83 bits per heavy atom. The zero-order valence-corrected chi connectivity index (χ0v) is 7.75. The van der Waals surface area contributed by atoms with Gasteiger partial charge in [0.25, 0.3) is 0 Å². The minimum atomic E-state index is 0.514. The molecule has 12 heavy (non-hydrogen) atoms. The van der Waals surface area contributed by atoms with Crippen molar-refractivity contribution in [2.75, 3.05) is 25.0 Å². The van der Waals surface area contributed by atoms with Crippen LogP contribution in [0.1, 0.15) is 0 Å². The van der Waals surface area contributed by atoms with Gasteiger partial charge < -0.3 is 10.6 Å². The number of hydrogen-bond acceptors (Lipinski definition) is 3. The Balaban J connectivity index is 2.68. The molecule has 66 valence electrons. The van der Waals surface area contributed by atoms with Crippen LogP contribution in [0.15, 0.2) is 18.3 Å². The van der Waals surface area contributed by atoms with Gasteiger partial charge in [0.15, 0.2) is 0 Å². The predicted octanol–water partition coefficient (Wildman–Crippen LogP) is 1.13. The molecule has 3 nitrogen and oxygen atoms in total. The van der Waals surface area contributed by atoms with E-state index in [1.807, 2.05) is 18.0 Å². The molecule has 0 aromatic carbocycles. The van der Waals surface area contributed by atoms with E-state index in [1.165, 1.54) is 0 Å². The van der Waals surface area contributed by atoms with Gasteiger partial charge in [0.05, 0.1) is 11.9 Å². The number of nitrogens with two attached hydrogens (primary N) is 1. The fraction of sp³-hybridized carbons (Fsp3) is 0.375. The maximum atomic E-state index is 5.64. The van der Waals surface area contributed by atoms with Crippen LogP contribution in [-0.2, 0) is 0 Å². The van der Waals surface area contributed by atoms with Crippen molar-refractivity contribution in [2.24, 2.45) is 5.73 Å². The van der Waals surface area contributed by atoms with Crippen molar-refractivity contribution in [3.63, 3.8) is 0 Å². The molecule has 0 spiro atoms. The Hall–Kier alpha value is -0.800. The molecule has 0 saturated carbocycles. The molecular formula is C8H12ClN3. The van der Waals surface area contributed by atoms with Gasteiger partial charge in [0.1, 0.15) is 5.15 Å². The van der Waals surface area contributed by atoms with Gasteiger partial charge in [-0.2, -0.15) is 0 Å². The van der Waals surface area contributed by atoms with Crippen LogP contribution in [0, 0.1) is 0 Å². The quantitative estimate of drug-likeness (QED) is 0.718. The summed E-state index contributed by atoms with van der Waals surface area (Å²) in [6.07, 6.45) is 1.73. The van der Waals surface area contributed by atoms with E-state index in [2.05, 4.69) is 4.98 Å². The van der Waals surface area contributed by atoms with Crippen molar-refractivity contribution in [3.05, 3.63) is 23.5 Å². The molecule has 0 fully saturated rings. The lowest BCUT2D eigenvalue weighted by molar-refractivity contribution is 0.882. The minimum absolute atomic E-state index is 0.514. The normalized spacial score (nSPS) is 9.92. The first-order valence-corrected chi connectivity index (χ1v) is 4.14. The second kappa shape index (κ2) is 4.28. The highest BCUT2D eigenvalue weighted by molar-refractivity contribution is 6.29. The van der Waals surface area contributed by atoms with E-state index in [9.17, 15) is 0 Å². The summed E-state index contributed by atoms with van der Waals surface area (Å²) in [6, 6.07) is 3.69. The second-order valence-corrected chi connectivity index (χ2v) is 2.94. The first-order chi connectivity index (χ1) is 5.74. The largest absolute Gasteiger partial charge is 0.372 e. The van der Waals surface area contributed by atoms with Crippen LogP contribution >= 0.6 is 11.6 Å². The number of anilines is 1. The summed E-state index contributed by atoms with van der Waals surface area (Å²) in [5, 5.41) is 0.514. The maximum Gasteiger partial charge on any atom is 0.129 e. The monoisotopic (exact) mass is 185 g/mol. The van der Waals surface area contributed by atoms with Gasteiger partial charge in [-0.15, -0.1) is 0 Å². The Morgan fingerprint density at radius 1 is 1.58 bits per heavy atom. The van der Waals surface area contributed by atoms with E-state index < -0.39 is 0 Å². The number of aromatic nitrogens is 1.